The number of carboxylic acids is 1. The number of carboxylic acid groups (broad SMARTS) is 1. The number of nitrogens with zero attached hydrogens (tertiary/aromatic N) is 2. The van der Waals surface area contributed by atoms with Crippen LogP contribution in [-0.2, 0) is 4.79 Å². The Hall–Kier alpha value is -1.24. The number of aryl methyl sites for hydroxylation is 2. The standard InChI is InChI=1S/C14H13ClN2O2S2/c1-8-3-4-10(9(2)5-8)21-12-6-11(15)16-14(17-12)20-7-13(18)19/h3-6H,7H2,1-2H3,(H,18,19). The van der Waals surface area contributed by atoms with E-state index in [1.807, 2.05) is 26.0 Å². The van der Waals surface area contributed by atoms with Crippen LogP contribution in [0.25, 0.3) is 0 Å². The molecule has 0 radical (unpaired) electrons. The highest BCUT2D eigenvalue weighted by Crippen LogP contribution is 2.31. The maximum atomic E-state index is 10.6. The molecular weight excluding hydrogens is 328 g/mol. The summed E-state index contributed by atoms with van der Waals surface area (Å²) in [5, 5.41) is 10.1. The first-order valence-corrected chi connectivity index (χ1v) is 8.26. The SMILES string of the molecule is Cc1ccc(Sc2cc(Cl)nc(SCC(=O)O)n2)c(C)c1. The highest BCUT2D eigenvalue weighted by Gasteiger charge is 2.09. The Morgan fingerprint density at radius 3 is 2.71 bits per heavy atom. The van der Waals surface area contributed by atoms with E-state index in [-0.39, 0.29) is 5.75 Å². The van der Waals surface area contributed by atoms with Crippen LogP contribution >= 0.6 is 35.1 Å². The molecule has 21 heavy (non-hydrogen) atoms. The lowest BCUT2D eigenvalue weighted by Crippen LogP contribution is -1.99. The Morgan fingerprint density at radius 1 is 1.29 bits per heavy atom. The summed E-state index contributed by atoms with van der Waals surface area (Å²) >= 11 is 8.52. The number of carbonyl (C=O) groups is 1. The molecule has 0 amide bonds. The molecule has 0 spiro atoms. The number of hydrogen-bond acceptors (Lipinski definition) is 5. The van der Waals surface area contributed by atoms with Crippen molar-refractivity contribution in [3.8, 4) is 0 Å². The molecule has 1 aromatic carbocycles. The lowest BCUT2D eigenvalue weighted by Gasteiger charge is -2.07. The molecule has 2 aromatic rings. The zero-order valence-electron chi connectivity index (χ0n) is 11.5. The van der Waals surface area contributed by atoms with Gasteiger partial charge in [0.25, 0.3) is 0 Å². The third-order valence-corrected chi connectivity index (χ3v) is 4.64. The van der Waals surface area contributed by atoms with E-state index < -0.39 is 5.97 Å². The van der Waals surface area contributed by atoms with Gasteiger partial charge in [0.05, 0.1) is 5.75 Å². The van der Waals surface area contributed by atoms with Crippen molar-refractivity contribution in [3.05, 3.63) is 40.5 Å². The summed E-state index contributed by atoms with van der Waals surface area (Å²) in [5.74, 6) is -0.999. The van der Waals surface area contributed by atoms with Crippen LogP contribution < -0.4 is 0 Å². The molecule has 4 nitrogen and oxygen atoms in total. The topological polar surface area (TPSA) is 63.1 Å². The quantitative estimate of drug-likeness (QED) is 0.503. The summed E-state index contributed by atoms with van der Waals surface area (Å²) < 4.78 is 0. The normalized spacial score (nSPS) is 10.6. The van der Waals surface area contributed by atoms with Crippen molar-refractivity contribution in [1.29, 1.82) is 0 Å². The number of rotatable bonds is 5. The first kappa shape index (κ1) is 16.1. The van der Waals surface area contributed by atoms with Crippen molar-refractivity contribution in [2.24, 2.45) is 0 Å². The summed E-state index contributed by atoms with van der Waals surface area (Å²) in [4.78, 5) is 20.0. The van der Waals surface area contributed by atoms with Crippen molar-refractivity contribution in [2.45, 2.75) is 28.9 Å². The smallest absolute Gasteiger partial charge is 0.313 e. The molecule has 0 aliphatic heterocycles. The Balaban J connectivity index is 2.21. The van der Waals surface area contributed by atoms with Crippen LogP contribution in [0.15, 0.2) is 39.3 Å². The molecule has 1 N–H and O–H groups in total. The van der Waals surface area contributed by atoms with Gasteiger partial charge in [-0.1, -0.05) is 52.8 Å². The van der Waals surface area contributed by atoms with Gasteiger partial charge in [-0.15, -0.1) is 0 Å². The van der Waals surface area contributed by atoms with Crippen molar-refractivity contribution in [3.63, 3.8) is 0 Å². The van der Waals surface area contributed by atoms with E-state index in [2.05, 4.69) is 16.0 Å². The van der Waals surface area contributed by atoms with E-state index in [9.17, 15) is 4.79 Å². The average molecular weight is 341 g/mol. The maximum absolute atomic E-state index is 10.6. The predicted octanol–water partition coefficient (Wildman–Crippen LogP) is 4.07. The Kier molecular flexibility index (Phi) is 5.50. The first-order chi connectivity index (χ1) is 9.94. The van der Waals surface area contributed by atoms with E-state index in [1.165, 1.54) is 17.3 Å². The number of aromatic nitrogens is 2. The highest BCUT2D eigenvalue weighted by atomic mass is 35.5. The van der Waals surface area contributed by atoms with Crippen molar-refractivity contribution in [2.75, 3.05) is 5.75 Å². The van der Waals surface area contributed by atoms with Gasteiger partial charge < -0.3 is 5.11 Å². The fourth-order valence-corrected chi connectivity index (χ4v) is 3.47. The fraction of sp³-hybridized carbons (Fsp3) is 0.214. The first-order valence-electron chi connectivity index (χ1n) is 6.08. The minimum Gasteiger partial charge on any atom is -0.481 e. The van der Waals surface area contributed by atoms with E-state index in [0.29, 0.717) is 15.3 Å². The summed E-state index contributed by atoms with van der Waals surface area (Å²) in [6.45, 7) is 4.09. The third kappa shape index (κ3) is 4.91. The van der Waals surface area contributed by atoms with Crippen LogP contribution in [0.4, 0.5) is 0 Å². The lowest BCUT2D eigenvalue weighted by molar-refractivity contribution is -0.133. The van der Waals surface area contributed by atoms with Gasteiger partial charge in [-0.2, -0.15) is 0 Å². The van der Waals surface area contributed by atoms with Crippen LogP contribution in [0.5, 0.6) is 0 Å². The molecule has 0 bridgehead atoms. The van der Waals surface area contributed by atoms with Crippen LogP contribution in [-0.4, -0.2) is 26.8 Å². The van der Waals surface area contributed by atoms with Crippen LogP contribution in [0.2, 0.25) is 5.15 Å². The number of halogens is 1. The number of aliphatic carboxylic acids is 1. The summed E-state index contributed by atoms with van der Waals surface area (Å²) in [6.07, 6.45) is 0. The van der Waals surface area contributed by atoms with Crippen molar-refractivity contribution < 1.29 is 9.90 Å². The zero-order chi connectivity index (χ0) is 15.4. The highest BCUT2D eigenvalue weighted by molar-refractivity contribution is 8.00. The lowest BCUT2D eigenvalue weighted by atomic mass is 10.2. The predicted molar refractivity (Wildman–Crippen MR) is 85.4 cm³/mol. The summed E-state index contributed by atoms with van der Waals surface area (Å²) in [5.41, 5.74) is 2.37. The molecule has 0 unspecified atom stereocenters. The molecule has 2 rings (SSSR count). The summed E-state index contributed by atoms with van der Waals surface area (Å²) in [7, 11) is 0. The Labute approximate surface area is 136 Å². The molecule has 0 aliphatic carbocycles. The molecule has 0 fully saturated rings. The zero-order valence-corrected chi connectivity index (χ0v) is 13.8. The summed E-state index contributed by atoms with van der Waals surface area (Å²) in [6, 6.07) is 7.86. The van der Waals surface area contributed by atoms with E-state index in [4.69, 9.17) is 16.7 Å². The third-order valence-electron chi connectivity index (χ3n) is 2.52. The molecule has 1 aromatic heterocycles. The van der Waals surface area contributed by atoms with Gasteiger partial charge >= 0.3 is 5.97 Å². The molecular formula is C14H13ClN2O2S2. The Morgan fingerprint density at radius 2 is 2.05 bits per heavy atom. The molecule has 0 saturated heterocycles. The second kappa shape index (κ2) is 7.15. The maximum Gasteiger partial charge on any atom is 0.313 e. The molecule has 110 valence electrons. The van der Waals surface area contributed by atoms with Gasteiger partial charge in [-0.25, -0.2) is 9.97 Å². The molecule has 0 aliphatic rings. The van der Waals surface area contributed by atoms with Gasteiger partial charge in [0, 0.05) is 11.0 Å². The van der Waals surface area contributed by atoms with Crippen molar-refractivity contribution in [1.82, 2.24) is 9.97 Å². The minimum atomic E-state index is -0.910. The minimum absolute atomic E-state index is 0.0893. The van der Waals surface area contributed by atoms with E-state index in [1.54, 1.807) is 6.07 Å². The van der Waals surface area contributed by atoms with E-state index in [0.717, 1.165) is 22.2 Å². The largest absolute Gasteiger partial charge is 0.481 e. The number of benzene rings is 1. The molecule has 0 atom stereocenters. The number of hydrogen-bond donors (Lipinski definition) is 1. The monoisotopic (exact) mass is 340 g/mol. The van der Waals surface area contributed by atoms with Crippen molar-refractivity contribution >= 4 is 41.1 Å². The van der Waals surface area contributed by atoms with E-state index >= 15 is 0 Å². The van der Waals surface area contributed by atoms with Gasteiger partial charge in [0.15, 0.2) is 5.16 Å². The van der Waals surface area contributed by atoms with Gasteiger partial charge in [-0.3, -0.25) is 4.79 Å². The van der Waals surface area contributed by atoms with Gasteiger partial charge in [0.1, 0.15) is 10.2 Å². The Bertz CT molecular complexity index is 680. The van der Waals surface area contributed by atoms with Crippen LogP contribution in [0.3, 0.4) is 0 Å². The second-order valence-electron chi connectivity index (χ2n) is 4.36. The molecule has 7 heteroatoms. The fourth-order valence-electron chi connectivity index (χ4n) is 1.65. The second-order valence-corrected chi connectivity index (χ2v) is 6.76. The average Bonchev–Trinajstić information content (AvgIpc) is 2.39. The van der Waals surface area contributed by atoms with Gasteiger partial charge in [-0.05, 0) is 25.5 Å². The van der Waals surface area contributed by atoms with Crippen LogP contribution in [0.1, 0.15) is 11.1 Å². The molecule has 1 heterocycles. The van der Waals surface area contributed by atoms with Gasteiger partial charge in [0.2, 0.25) is 0 Å². The number of thioether (sulfide) groups is 1. The molecule has 0 saturated carbocycles. The van der Waals surface area contributed by atoms with Crippen LogP contribution in [0, 0.1) is 13.8 Å².